The Bertz CT molecular complexity index is 1090. The maximum absolute atomic E-state index is 13.0. The minimum absolute atomic E-state index is 0.0363. The number of carbonyl (C=O) groups excluding carboxylic acids is 3. The van der Waals surface area contributed by atoms with E-state index in [1.807, 2.05) is 26.0 Å². The maximum Gasteiger partial charge on any atom is 0.264 e. The molecule has 35 heavy (non-hydrogen) atoms. The zero-order chi connectivity index (χ0) is 25.2. The summed E-state index contributed by atoms with van der Waals surface area (Å²) in [5, 5.41) is 7.52. The highest BCUT2D eigenvalue weighted by Gasteiger charge is 2.26. The summed E-state index contributed by atoms with van der Waals surface area (Å²) in [6.07, 6.45) is 4.08. The molecule has 1 aliphatic heterocycles. The number of carbonyl (C=O) groups is 3. The molecule has 0 bridgehead atoms. The van der Waals surface area contributed by atoms with Crippen LogP contribution in [0.3, 0.4) is 0 Å². The van der Waals surface area contributed by atoms with Crippen molar-refractivity contribution in [2.24, 2.45) is 0 Å². The highest BCUT2D eigenvalue weighted by Crippen LogP contribution is 2.24. The predicted molar refractivity (Wildman–Crippen MR) is 132 cm³/mol. The molecule has 3 amide bonds. The molecule has 9 nitrogen and oxygen atoms in total. The van der Waals surface area contributed by atoms with E-state index in [4.69, 9.17) is 16.3 Å². The number of pyridine rings is 1. The molecule has 0 saturated heterocycles. The first-order chi connectivity index (χ1) is 16.9. The Kier molecular flexibility index (Phi) is 9.63. The Balaban J connectivity index is 1.57. The average Bonchev–Trinajstić information content (AvgIpc) is 2.85. The van der Waals surface area contributed by atoms with Crippen LogP contribution in [0.25, 0.3) is 0 Å². The molecule has 186 valence electrons. The summed E-state index contributed by atoms with van der Waals surface area (Å²) >= 11 is 6.11. The van der Waals surface area contributed by atoms with Crippen LogP contribution in [0.4, 0.5) is 0 Å². The Morgan fingerprint density at radius 3 is 2.74 bits per heavy atom. The largest absolute Gasteiger partial charge is 0.483 e. The number of hydrogen-bond donors (Lipinski definition) is 3. The first-order valence-electron chi connectivity index (χ1n) is 11.4. The van der Waals surface area contributed by atoms with Crippen molar-refractivity contribution in [3.05, 3.63) is 70.0 Å². The summed E-state index contributed by atoms with van der Waals surface area (Å²) in [5.74, 6) is -0.286. The summed E-state index contributed by atoms with van der Waals surface area (Å²) < 4.78 is 5.60. The third kappa shape index (κ3) is 7.80. The minimum atomic E-state index is -0.295. The number of nitrogens with one attached hydrogen (secondary N) is 3. The van der Waals surface area contributed by atoms with Gasteiger partial charge >= 0.3 is 0 Å². The van der Waals surface area contributed by atoms with Crippen LogP contribution in [0.2, 0.25) is 5.02 Å². The van der Waals surface area contributed by atoms with Gasteiger partial charge in [0.2, 0.25) is 5.91 Å². The molecule has 0 unspecified atom stereocenters. The molecule has 2 aromatic rings. The van der Waals surface area contributed by atoms with Crippen LogP contribution in [0.5, 0.6) is 5.75 Å². The van der Waals surface area contributed by atoms with Crippen molar-refractivity contribution in [1.29, 1.82) is 0 Å². The molecule has 1 aromatic carbocycles. The van der Waals surface area contributed by atoms with E-state index < -0.39 is 0 Å². The molecule has 0 saturated carbocycles. The van der Waals surface area contributed by atoms with Gasteiger partial charge in [-0.1, -0.05) is 23.2 Å². The first kappa shape index (κ1) is 26.2. The maximum atomic E-state index is 13.0. The van der Waals surface area contributed by atoms with Gasteiger partial charge in [0.05, 0.1) is 6.42 Å². The van der Waals surface area contributed by atoms with E-state index in [1.165, 1.54) is 0 Å². The number of amides is 3. The van der Waals surface area contributed by atoms with E-state index in [-0.39, 0.29) is 37.3 Å². The Labute approximate surface area is 209 Å². The summed E-state index contributed by atoms with van der Waals surface area (Å²) in [7, 11) is 0. The molecule has 0 fully saturated rings. The van der Waals surface area contributed by atoms with Crippen molar-refractivity contribution in [1.82, 2.24) is 26.1 Å². The van der Waals surface area contributed by atoms with E-state index in [2.05, 4.69) is 21.0 Å². The number of hydrazine groups is 1. The van der Waals surface area contributed by atoms with Gasteiger partial charge in [-0.3, -0.25) is 24.4 Å². The van der Waals surface area contributed by atoms with Crippen molar-refractivity contribution in [3.63, 3.8) is 0 Å². The number of nitrogens with zero attached hydrogens (tertiary/aromatic N) is 2. The van der Waals surface area contributed by atoms with Crippen LogP contribution in [0.1, 0.15) is 37.8 Å². The van der Waals surface area contributed by atoms with Crippen LogP contribution in [0.15, 0.2) is 53.9 Å². The van der Waals surface area contributed by atoms with Gasteiger partial charge in [0.1, 0.15) is 5.75 Å². The van der Waals surface area contributed by atoms with Crippen molar-refractivity contribution in [3.8, 4) is 5.75 Å². The average molecular weight is 500 g/mol. The second kappa shape index (κ2) is 12.9. The molecule has 0 spiro atoms. The summed E-state index contributed by atoms with van der Waals surface area (Å²) in [5.41, 5.74) is 6.10. The lowest BCUT2D eigenvalue weighted by Crippen LogP contribution is -2.46. The third-order valence-electron chi connectivity index (χ3n) is 5.49. The molecule has 2 heterocycles. The number of hydrogen-bond acceptors (Lipinski definition) is 6. The van der Waals surface area contributed by atoms with Gasteiger partial charge in [-0.2, -0.15) is 0 Å². The third-order valence-corrected chi connectivity index (χ3v) is 5.73. The molecule has 0 radical (unpaired) electrons. The number of benzene rings is 1. The number of rotatable bonds is 11. The van der Waals surface area contributed by atoms with Crippen LogP contribution < -0.4 is 20.8 Å². The van der Waals surface area contributed by atoms with Gasteiger partial charge in [0.25, 0.3) is 11.8 Å². The van der Waals surface area contributed by atoms with Gasteiger partial charge in [-0.05, 0) is 50.1 Å². The second-order valence-electron chi connectivity index (χ2n) is 8.11. The fourth-order valence-corrected chi connectivity index (χ4v) is 3.77. The summed E-state index contributed by atoms with van der Waals surface area (Å²) in [6, 6.07) is 8.75. The van der Waals surface area contributed by atoms with Crippen LogP contribution in [-0.4, -0.2) is 47.4 Å². The fraction of sp³-hybridized carbons (Fsp3) is 0.360. The quantitative estimate of drug-likeness (QED) is 0.438. The van der Waals surface area contributed by atoms with Crippen LogP contribution in [-0.2, 0) is 27.5 Å². The summed E-state index contributed by atoms with van der Waals surface area (Å²) in [6.45, 7) is 5.22. The molecule has 3 N–H and O–H groups in total. The molecule has 0 atom stereocenters. The van der Waals surface area contributed by atoms with Crippen LogP contribution in [0, 0.1) is 0 Å². The normalized spacial score (nSPS) is 13.6. The van der Waals surface area contributed by atoms with E-state index in [9.17, 15) is 14.4 Å². The topological polar surface area (TPSA) is 113 Å². The Hall–Kier alpha value is -3.43. The second-order valence-corrected chi connectivity index (χ2v) is 8.55. The number of ether oxygens (including phenoxy) is 1. The number of aromatic nitrogens is 1. The van der Waals surface area contributed by atoms with Crippen molar-refractivity contribution in [2.45, 2.75) is 39.8 Å². The molecule has 1 aliphatic rings. The molecule has 0 aliphatic carbocycles. The first-order valence-corrected chi connectivity index (χ1v) is 11.8. The smallest absolute Gasteiger partial charge is 0.264 e. The lowest BCUT2D eigenvalue weighted by atomic mass is 9.98. The van der Waals surface area contributed by atoms with Crippen molar-refractivity contribution < 1.29 is 19.1 Å². The van der Waals surface area contributed by atoms with E-state index >= 15 is 0 Å². The SMILES string of the molecule is CCNC(=O)COc1ccc(Cl)cc1CNC(=O)CC1=C(C)CCN(NCc2cccnc2)C1=O. The van der Waals surface area contributed by atoms with E-state index in [1.54, 1.807) is 35.6 Å². The lowest BCUT2D eigenvalue weighted by molar-refractivity contribution is -0.133. The molecular formula is C25H30ClN5O4. The van der Waals surface area contributed by atoms with Crippen molar-refractivity contribution >= 4 is 29.3 Å². The predicted octanol–water partition coefficient (Wildman–Crippen LogP) is 2.51. The van der Waals surface area contributed by atoms with Crippen LogP contribution >= 0.6 is 11.6 Å². The monoisotopic (exact) mass is 499 g/mol. The Morgan fingerprint density at radius 2 is 2.00 bits per heavy atom. The lowest BCUT2D eigenvalue weighted by Gasteiger charge is -2.30. The molecular weight excluding hydrogens is 470 g/mol. The number of halogens is 1. The zero-order valence-corrected chi connectivity index (χ0v) is 20.7. The fourth-order valence-electron chi connectivity index (χ4n) is 3.58. The molecule has 3 rings (SSSR count). The van der Waals surface area contributed by atoms with Gasteiger partial charge < -0.3 is 15.4 Å². The zero-order valence-electron chi connectivity index (χ0n) is 19.9. The summed E-state index contributed by atoms with van der Waals surface area (Å²) in [4.78, 5) is 41.5. The van der Waals surface area contributed by atoms with E-state index in [0.29, 0.717) is 48.0 Å². The Morgan fingerprint density at radius 1 is 1.17 bits per heavy atom. The highest BCUT2D eigenvalue weighted by atomic mass is 35.5. The van der Waals surface area contributed by atoms with E-state index in [0.717, 1.165) is 11.1 Å². The molecule has 1 aromatic heterocycles. The number of likely N-dealkylation sites (N-methyl/N-ethyl adjacent to an activating group) is 1. The van der Waals surface area contributed by atoms with Gasteiger partial charge in [0.15, 0.2) is 6.61 Å². The standard InChI is InChI=1S/C25H30ClN5O4/c1-3-28-24(33)16-35-22-7-6-20(26)11-19(22)15-29-23(32)12-21-17(2)8-10-31(25(21)34)30-14-18-5-4-9-27-13-18/h4-7,9,11,13,30H,3,8,10,12,14-16H2,1-2H3,(H,28,33)(H,29,32). The molecule has 10 heteroatoms. The minimum Gasteiger partial charge on any atom is -0.483 e. The van der Waals surface area contributed by atoms with Gasteiger partial charge in [0, 0.05) is 54.7 Å². The highest BCUT2D eigenvalue weighted by molar-refractivity contribution is 6.30. The van der Waals surface area contributed by atoms with Gasteiger partial charge in [-0.15, -0.1) is 0 Å². The van der Waals surface area contributed by atoms with Gasteiger partial charge in [-0.25, -0.2) is 5.43 Å². The van der Waals surface area contributed by atoms with Crippen molar-refractivity contribution in [2.75, 3.05) is 19.7 Å².